The van der Waals surface area contributed by atoms with Gasteiger partial charge in [0, 0.05) is 0 Å². The second-order valence-corrected chi connectivity index (χ2v) is 4.41. The number of rotatable bonds is 0. The number of carbonyl (C=O) groups excluding carboxylic acids is 2. The van der Waals surface area contributed by atoms with Crippen LogP contribution >= 0.6 is 24.4 Å². The first-order valence-electron chi connectivity index (χ1n) is 2.29. The van der Waals surface area contributed by atoms with Crippen LogP contribution in [-0.4, -0.2) is 15.2 Å². The van der Waals surface area contributed by atoms with Gasteiger partial charge in [-0.25, -0.2) is 0 Å². The van der Waals surface area contributed by atoms with E-state index < -0.39 is 4.08 Å². The van der Waals surface area contributed by atoms with Crippen molar-refractivity contribution in [3.05, 3.63) is 0 Å². The monoisotopic (exact) mass is 163 g/mol. The van der Waals surface area contributed by atoms with E-state index in [1.807, 2.05) is 0 Å². The van der Waals surface area contributed by atoms with Crippen molar-refractivity contribution in [3.8, 4) is 0 Å². The fourth-order valence-corrected chi connectivity index (χ4v) is 1.41. The second kappa shape index (κ2) is 1.91. The maximum atomic E-state index is 10.7. The molecule has 9 heavy (non-hydrogen) atoms. The average molecular weight is 163 g/mol. The standard InChI is InChI=1S/C4H5NO2S2/c1-4(8)2(6)5-3(7)9-4/h8H,1H3,(H,5,6,7)/t4-/m1/s1. The summed E-state index contributed by atoms with van der Waals surface area (Å²) in [4.78, 5) is 21.1. The Bertz CT molecular complexity index is 177. The first-order chi connectivity index (χ1) is 4.02. The predicted molar refractivity (Wildman–Crippen MR) is 38.5 cm³/mol. The zero-order valence-electron chi connectivity index (χ0n) is 4.67. The summed E-state index contributed by atoms with van der Waals surface area (Å²) >= 11 is 4.83. The normalized spacial score (nSPS) is 34.9. The molecule has 2 amide bonds. The van der Waals surface area contributed by atoms with E-state index in [4.69, 9.17) is 0 Å². The molecule has 1 atom stereocenters. The smallest absolute Gasteiger partial charge is 0.285 e. The van der Waals surface area contributed by atoms with Gasteiger partial charge in [-0.1, -0.05) is 0 Å². The summed E-state index contributed by atoms with van der Waals surface area (Å²) in [5.74, 6) is -0.333. The van der Waals surface area contributed by atoms with Crippen LogP contribution in [0.1, 0.15) is 6.92 Å². The van der Waals surface area contributed by atoms with Crippen LogP contribution in [-0.2, 0) is 4.79 Å². The average Bonchev–Trinajstić information content (AvgIpc) is 1.79. The van der Waals surface area contributed by atoms with Gasteiger partial charge in [-0.3, -0.25) is 14.9 Å². The molecule has 0 saturated carbocycles. The van der Waals surface area contributed by atoms with E-state index in [0.29, 0.717) is 0 Å². The minimum absolute atomic E-state index is 0.322. The molecule has 1 N–H and O–H groups in total. The molecule has 0 aromatic carbocycles. The van der Waals surface area contributed by atoms with Crippen LogP contribution in [0.3, 0.4) is 0 Å². The molecular weight excluding hydrogens is 158 g/mol. The zero-order chi connectivity index (χ0) is 7.07. The molecule has 0 spiro atoms. The number of amides is 2. The van der Waals surface area contributed by atoms with E-state index >= 15 is 0 Å². The molecule has 0 aromatic rings. The first kappa shape index (κ1) is 6.95. The molecule has 0 aromatic heterocycles. The lowest BCUT2D eigenvalue weighted by Gasteiger charge is -2.06. The van der Waals surface area contributed by atoms with Gasteiger partial charge in [0.1, 0.15) is 4.08 Å². The van der Waals surface area contributed by atoms with Gasteiger partial charge in [0.15, 0.2) is 0 Å². The largest absolute Gasteiger partial charge is 0.287 e. The molecule has 1 heterocycles. The quantitative estimate of drug-likeness (QED) is 0.514. The van der Waals surface area contributed by atoms with E-state index in [1.165, 1.54) is 0 Å². The Morgan fingerprint density at radius 1 is 1.67 bits per heavy atom. The minimum Gasteiger partial charge on any atom is -0.285 e. The lowest BCUT2D eigenvalue weighted by Crippen LogP contribution is -2.28. The van der Waals surface area contributed by atoms with Gasteiger partial charge in [0.25, 0.3) is 11.1 Å². The Labute approximate surface area is 62.0 Å². The Morgan fingerprint density at radius 3 is 2.33 bits per heavy atom. The number of hydrogen-bond acceptors (Lipinski definition) is 4. The van der Waals surface area contributed by atoms with Crippen molar-refractivity contribution in [1.82, 2.24) is 5.32 Å². The summed E-state index contributed by atoms with van der Waals surface area (Å²) in [6.07, 6.45) is 0. The summed E-state index contributed by atoms with van der Waals surface area (Å²) in [5.41, 5.74) is 0. The molecule has 1 aliphatic heterocycles. The molecule has 0 unspecified atom stereocenters. The molecule has 50 valence electrons. The number of imide groups is 1. The number of nitrogens with one attached hydrogen (secondary N) is 1. The van der Waals surface area contributed by atoms with Crippen LogP contribution < -0.4 is 5.32 Å². The van der Waals surface area contributed by atoms with Gasteiger partial charge in [-0.2, -0.15) is 12.6 Å². The summed E-state index contributed by atoms with van der Waals surface area (Å²) in [5, 5.41) is 1.79. The Balaban J connectivity index is 2.81. The summed E-state index contributed by atoms with van der Waals surface area (Å²) in [6.45, 7) is 1.58. The van der Waals surface area contributed by atoms with Gasteiger partial charge < -0.3 is 0 Å². The third-order valence-corrected chi connectivity index (χ3v) is 2.28. The van der Waals surface area contributed by atoms with E-state index in [-0.39, 0.29) is 11.1 Å². The molecule has 1 saturated heterocycles. The first-order valence-corrected chi connectivity index (χ1v) is 3.55. The Kier molecular flexibility index (Phi) is 1.48. The molecule has 0 radical (unpaired) electrons. The van der Waals surface area contributed by atoms with Crippen molar-refractivity contribution in [2.24, 2.45) is 0 Å². The Hall–Kier alpha value is -0.160. The molecular formula is C4H5NO2S2. The van der Waals surface area contributed by atoms with Gasteiger partial charge in [0.05, 0.1) is 0 Å². The number of thioether (sulfide) groups is 1. The van der Waals surface area contributed by atoms with Crippen LogP contribution in [0.2, 0.25) is 0 Å². The zero-order valence-corrected chi connectivity index (χ0v) is 6.38. The van der Waals surface area contributed by atoms with E-state index in [9.17, 15) is 9.59 Å². The number of thiol groups is 1. The van der Waals surface area contributed by atoms with Gasteiger partial charge >= 0.3 is 0 Å². The van der Waals surface area contributed by atoms with Gasteiger partial charge in [-0.15, -0.1) is 0 Å². The maximum absolute atomic E-state index is 10.7. The molecule has 1 fully saturated rings. The van der Waals surface area contributed by atoms with Crippen molar-refractivity contribution < 1.29 is 9.59 Å². The molecule has 3 nitrogen and oxygen atoms in total. The SMILES string of the molecule is C[C@@]1(S)SC(=O)NC1=O. The van der Waals surface area contributed by atoms with Crippen LogP contribution in [0.25, 0.3) is 0 Å². The maximum Gasteiger partial charge on any atom is 0.287 e. The minimum atomic E-state index is -0.864. The lowest BCUT2D eigenvalue weighted by molar-refractivity contribution is -0.119. The van der Waals surface area contributed by atoms with Crippen LogP contribution in [0, 0.1) is 0 Å². The third-order valence-electron chi connectivity index (χ3n) is 0.928. The summed E-state index contributed by atoms with van der Waals surface area (Å²) in [7, 11) is 0. The van der Waals surface area contributed by atoms with Crippen LogP contribution in [0.4, 0.5) is 4.79 Å². The summed E-state index contributed by atoms with van der Waals surface area (Å²) < 4.78 is -0.864. The highest BCUT2D eigenvalue weighted by Gasteiger charge is 2.40. The highest BCUT2D eigenvalue weighted by Crippen LogP contribution is 2.34. The molecule has 0 bridgehead atoms. The Morgan fingerprint density at radius 2 is 2.22 bits per heavy atom. The molecule has 1 aliphatic rings. The van der Waals surface area contributed by atoms with E-state index in [0.717, 1.165) is 11.8 Å². The molecule has 5 heteroatoms. The highest BCUT2D eigenvalue weighted by atomic mass is 32.2. The number of hydrogen-bond donors (Lipinski definition) is 2. The number of carbonyl (C=O) groups is 2. The van der Waals surface area contributed by atoms with Gasteiger partial charge in [-0.05, 0) is 18.7 Å². The van der Waals surface area contributed by atoms with Crippen molar-refractivity contribution in [2.45, 2.75) is 11.0 Å². The van der Waals surface area contributed by atoms with E-state index in [2.05, 4.69) is 17.9 Å². The van der Waals surface area contributed by atoms with Crippen LogP contribution in [0.5, 0.6) is 0 Å². The lowest BCUT2D eigenvalue weighted by atomic mass is 10.4. The third kappa shape index (κ3) is 1.21. The molecule has 1 rings (SSSR count). The fourth-order valence-electron chi connectivity index (χ4n) is 0.461. The highest BCUT2D eigenvalue weighted by molar-refractivity contribution is 8.23. The second-order valence-electron chi connectivity index (χ2n) is 1.83. The van der Waals surface area contributed by atoms with Crippen molar-refractivity contribution >= 4 is 35.5 Å². The topological polar surface area (TPSA) is 46.2 Å². The predicted octanol–water partition coefficient (Wildman–Crippen LogP) is 0.615. The van der Waals surface area contributed by atoms with Crippen molar-refractivity contribution in [2.75, 3.05) is 0 Å². The van der Waals surface area contributed by atoms with Crippen molar-refractivity contribution in [1.29, 1.82) is 0 Å². The fraction of sp³-hybridized carbons (Fsp3) is 0.500. The molecule has 0 aliphatic carbocycles. The summed E-state index contributed by atoms with van der Waals surface area (Å²) in [6, 6.07) is 0. The van der Waals surface area contributed by atoms with Crippen molar-refractivity contribution in [3.63, 3.8) is 0 Å². The van der Waals surface area contributed by atoms with Crippen LogP contribution in [0.15, 0.2) is 0 Å². The van der Waals surface area contributed by atoms with E-state index in [1.54, 1.807) is 6.92 Å². The van der Waals surface area contributed by atoms with Gasteiger partial charge in [0.2, 0.25) is 0 Å².